The van der Waals surface area contributed by atoms with Crippen molar-refractivity contribution in [2.24, 2.45) is 0 Å². The van der Waals surface area contributed by atoms with E-state index in [1.807, 2.05) is 0 Å². The Bertz CT molecular complexity index is 435. The first kappa shape index (κ1) is 12.1. The smallest absolute Gasteiger partial charge is 0.432 e. The lowest BCUT2D eigenvalue weighted by Gasteiger charge is -2.11. The average Bonchev–Trinajstić information content (AvgIpc) is 2.45. The lowest BCUT2D eigenvalue weighted by molar-refractivity contribution is -0.146. The molecule has 0 saturated carbocycles. The number of aromatic nitrogens is 1. The largest absolute Gasteiger partial charge is 0.480 e. The van der Waals surface area contributed by atoms with Gasteiger partial charge in [0, 0.05) is 6.20 Å². The van der Waals surface area contributed by atoms with Crippen molar-refractivity contribution in [3.05, 3.63) is 23.5 Å². The van der Waals surface area contributed by atoms with Crippen molar-refractivity contribution in [3.63, 3.8) is 0 Å². The first-order valence-electron chi connectivity index (χ1n) is 3.95. The molecule has 0 aliphatic rings. The molecule has 88 valence electrons. The van der Waals surface area contributed by atoms with Crippen LogP contribution in [-0.2, 0) is 17.5 Å². The molecular formula is C8H6F3NO4. The second-order valence-corrected chi connectivity index (χ2v) is 2.90. The van der Waals surface area contributed by atoms with Crippen LogP contribution in [-0.4, -0.2) is 26.7 Å². The van der Waals surface area contributed by atoms with Gasteiger partial charge in [-0.1, -0.05) is 0 Å². The van der Waals surface area contributed by atoms with Crippen LogP contribution in [0, 0.1) is 0 Å². The zero-order valence-corrected chi connectivity index (χ0v) is 7.65. The summed E-state index contributed by atoms with van der Waals surface area (Å²) in [6, 6.07) is 0.716. The lowest BCUT2D eigenvalue weighted by Crippen LogP contribution is -2.20. The summed E-state index contributed by atoms with van der Waals surface area (Å²) in [6.07, 6.45) is -4.13. The Hall–Kier alpha value is -1.99. The average molecular weight is 237 g/mol. The first-order chi connectivity index (χ1) is 7.23. The number of nitrogens with zero attached hydrogens (tertiary/aromatic N) is 1. The fourth-order valence-corrected chi connectivity index (χ4v) is 1.24. The Morgan fingerprint density at radius 1 is 1.31 bits per heavy atom. The van der Waals surface area contributed by atoms with E-state index >= 15 is 0 Å². The number of aliphatic carboxylic acids is 1. The summed E-state index contributed by atoms with van der Waals surface area (Å²) in [5, 5.41) is 16.9. The maximum absolute atomic E-state index is 12.5. The molecule has 0 unspecified atom stereocenters. The van der Waals surface area contributed by atoms with Gasteiger partial charge >= 0.3 is 18.1 Å². The highest BCUT2D eigenvalue weighted by Gasteiger charge is 2.39. The van der Waals surface area contributed by atoms with Crippen LogP contribution in [0.2, 0.25) is 0 Å². The van der Waals surface area contributed by atoms with Crippen molar-refractivity contribution in [1.29, 1.82) is 0 Å². The Morgan fingerprint density at radius 3 is 2.25 bits per heavy atom. The highest BCUT2D eigenvalue weighted by atomic mass is 19.4. The minimum atomic E-state index is -4.91. The molecule has 1 rings (SSSR count). The van der Waals surface area contributed by atoms with Crippen LogP contribution in [0.25, 0.3) is 0 Å². The Kier molecular flexibility index (Phi) is 2.92. The third kappa shape index (κ3) is 2.33. The van der Waals surface area contributed by atoms with Crippen molar-refractivity contribution in [3.8, 4) is 0 Å². The molecule has 0 aliphatic carbocycles. The SMILES string of the molecule is O=C(O)Cn1ccc(C(=O)O)c1C(F)(F)F. The maximum Gasteiger partial charge on any atom is 0.432 e. The van der Waals surface area contributed by atoms with Crippen molar-refractivity contribution < 1.29 is 33.0 Å². The predicted octanol–water partition coefficient (Wildman–Crippen LogP) is 1.29. The molecule has 0 atom stereocenters. The minimum Gasteiger partial charge on any atom is -0.480 e. The molecule has 8 heteroatoms. The van der Waals surface area contributed by atoms with E-state index in [2.05, 4.69) is 0 Å². The molecule has 0 aliphatic heterocycles. The standard InChI is InChI=1S/C8H6F3NO4/c9-8(10,11)6-4(7(15)16)1-2-12(6)3-5(13)14/h1-2H,3H2,(H,13,14)(H,15,16). The monoisotopic (exact) mass is 237 g/mol. The van der Waals surface area contributed by atoms with Crippen molar-refractivity contribution >= 4 is 11.9 Å². The van der Waals surface area contributed by atoms with Crippen LogP contribution in [0.3, 0.4) is 0 Å². The van der Waals surface area contributed by atoms with E-state index in [1.165, 1.54) is 0 Å². The Morgan fingerprint density at radius 2 is 1.88 bits per heavy atom. The molecule has 0 bridgehead atoms. The first-order valence-corrected chi connectivity index (χ1v) is 3.95. The molecule has 0 spiro atoms. The number of carbonyl (C=O) groups is 2. The molecule has 1 aromatic rings. The van der Waals surface area contributed by atoms with Gasteiger partial charge in [0.2, 0.25) is 0 Å². The van der Waals surface area contributed by atoms with Crippen LogP contribution < -0.4 is 0 Å². The van der Waals surface area contributed by atoms with Crippen LogP contribution >= 0.6 is 0 Å². The number of hydrogen-bond acceptors (Lipinski definition) is 2. The Balaban J connectivity index is 3.31. The van der Waals surface area contributed by atoms with Gasteiger partial charge in [-0.25, -0.2) is 4.79 Å². The van der Waals surface area contributed by atoms with Gasteiger partial charge in [0.05, 0.1) is 5.56 Å². The maximum atomic E-state index is 12.5. The predicted molar refractivity (Wildman–Crippen MR) is 44.0 cm³/mol. The summed E-state index contributed by atoms with van der Waals surface area (Å²) in [4.78, 5) is 20.8. The molecule has 1 heterocycles. The van der Waals surface area contributed by atoms with E-state index in [-0.39, 0.29) is 0 Å². The Labute approximate surface area is 86.7 Å². The number of alkyl halides is 3. The second kappa shape index (κ2) is 3.87. The second-order valence-electron chi connectivity index (χ2n) is 2.90. The van der Waals surface area contributed by atoms with Crippen molar-refractivity contribution in [1.82, 2.24) is 4.57 Å². The molecule has 0 radical (unpaired) electrons. The zero-order chi connectivity index (χ0) is 12.5. The van der Waals surface area contributed by atoms with Gasteiger partial charge in [-0.3, -0.25) is 4.79 Å². The number of rotatable bonds is 3. The highest BCUT2D eigenvalue weighted by molar-refractivity contribution is 5.89. The van der Waals surface area contributed by atoms with E-state index in [4.69, 9.17) is 10.2 Å². The molecule has 5 nitrogen and oxygen atoms in total. The summed E-state index contributed by atoms with van der Waals surface area (Å²) < 4.78 is 37.8. The molecule has 0 fully saturated rings. The van der Waals surface area contributed by atoms with Gasteiger partial charge < -0.3 is 14.8 Å². The third-order valence-electron chi connectivity index (χ3n) is 1.77. The van der Waals surface area contributed by atoms with E-state index in [9.17, 15) is 22.8 Å². The van der Waals surface area contributed by atoms with Gasteiger partial charge in [-0.15, -0.1) is 0 Å². The summed E-state index contributed by atoms with van der Waals surface area (Å²) >= 11 is 0. The van der Waals surface area contributed by atoms with Crippen LogP contribution in [0.1, 0.15) is 16.1 Å². The highest BCUT2D eigenvalue weighted by Crippen LogP contribution is 2.32. The van der Waals surface area contributed by atoms with Crippen LogP contribution in [0.4, 0.5) is 13.2 Å². The normalized spacial score (nSPS) is 11.4. The molecule has 0 amide bonds. The number of aromatic carboxylic acids is 1. The fourth-order valence-electron chi connectivity index (χ4n) is 1.24. The van der Waals surface area contributed by atoms with E-state index in [0.717, 1.165) is 6.20 Å². The van der Waals surface area contributed by atoms with Gasteiger partial charge in [0.15, 0.2) is 0 Å². The minimum absolute atomic E-state index is 0.339. The van der Waals surface area contributed by atoms with Crippen LogP contribution in [0.5, 0.6) is 0 Å². The van der Waals surface area contributed by atoms with E-state index in [0.29, 0.717) is 10.6 Å². The van der Waals surface area contributed by atoms with E-state index < -0.39 is 35.9 Å². The summed E-state index contributed by atoms with van der Waals surface area (Å²) in [5.41, 5.74) is -2.43. The van der Waals surface area contributed by atoms with Crippen LogP contribution in [0.15, 0.2) is 12.3 Å². The fraction of sp³-hybridized carbons (Fsp3) is 0.250. The van der Waals surface area contributed by atoms with Gasteiger partial charge in [-0.2, -0.15) is 13.2 Å². The summed E-state index contributed by atoms with van der Waals surface area (Å²) in [6.45, 7) is -0.942. The molecular weight excluding hydrogens is 231 g/mol. The number of halogens is 3. The third-order valence-corrected chi connectivity index (χ3v) is 1.77. The molecule has 2 N–H and O–H groups in total. The molecule has 1 aromatic heterocycles. The number of carboxylic acids is 2. The van der Waals surface area contributed by atoms with Gasteiger partial charge in [0.25, 0.3) is 0 Å². The molecule has 16 heavy (non-hydrogen) atoms. The lowest BCUT2D eigenvalue weighted by atomic mass is 10.2. The van der Waals surface area contributed by atoms with Crippen molar-refractivity contribution in [2.45, 2.75) is 12.7 Å². The number of carboxylic acid groups (broad SMARTS) is 2. The quantitative estimate of drug-likeness (QED) is 0.830. The number of hydrogen-bond donors (Lipinski definition) is 2. The topological polar surface area (TPSA) is 79.5 Å². The summed E-state index contributed by atoms with van der Waals surface area (Å²) in [5.74, 6) is -3.24. The summed E-state index contributed by atoms with van der Waals surface area (Å²) in [7, 11) is 0. The van der Waals surface area contributed by atoms with E-state index in [1.54, 1.807) is 0 Å². The van der Waals surface area contributed by atoms with Gasteiger partial charge in [0.1, 0.15) is 12.2 Å². The van der Waals surface area contributed by atoms with Gasteiger partial charge in [-0.05, 0) is 6.07 Å². The zero-order valence-electron chi connectivity index (χ0n) is 7.65. The van der Waals surface area contributed by atoms with Crippen molar-refractivity contribution in [2.75, 3.05) is 0 Å². The molecule has 0 aromatic carbocycles. The molecule has 0 saturated heterocycles.